The van der Waals surface area contributed by atoms with Crippen LogP contribution >= 0.6 is 0 Å². The maximum atomic E-state index is 11.0. The van der Waals surface area contributed by atoms with Crippen LogP contribution in [0.3, 0.4) is 0 Å². The fourth-order valence-electron chi connectivity index (χ4n) is 2.84. The van der Waals surface area contributed by atoms with Gasteiger partial charge in [-0.05, 0) is 55.1 Å². The summed E-state index contributed by atoms with van der Waals surface area (Å²) in [7, 11) is 0. The molecule has 0 spiro atoms. The first-order valence-electron chi connectivity index (χ1n) is 8.52. The Labute approximate surface area is 148 Å². The van der Waals surface area contributed by atoms with Crippen molar-refractivity contribution in [3.63, 3.8) is 0 Å². The zero-order valence-electron chi connectivity index (χ0n) is 14.5. The lowest BCUT2D eigenvalue weighted by Crippen LogP contribution is -2.29. The van der Waals surface area contributed by atoms with E-state index < -0.39 is 4.92 Å². The highest BCUT2D eigenvalue weighted by atomic mass is 16.6. The normalized spacial score (nSPS) is 11.0. The first kappa shape index (κ1) is 18.7. The predicted molar refractivity (Wildman–Crippen MR) is 99.8 cm³/mol. The van der Waals surface area contributed by atoms with Crippen LogP contribution in [0, 0.1) is 10.1 Å². The van der Waals surface area contributed by atoms with Gasteiger partial charge in [0.05, 0.1) is 4.92 Å². The highest BCUT2D eigenvalue weighted by Crippen LogP contribution is 2.22. The van der Waals surface area contributed by atoms with Gasteiger partial charge in [0.2, 0.25) is 0 Å². The number of aromatic hydroxyl groups is 1. The molecule has 0 aliphatic heterocycles. The van der Waals surface area contributed by atoms with Crippen LogP contribution in [0.4, 0.5) is 11.4 Å². The zero-order chi connectivity index (χ0) is 18.2. The molecular weight excluding hydrogens is 318 g/mol. The molecule has 0 aliphatic rings. The Balaban J connectivity index is 1.95. The molecule has 0 bridgehead atoms. The number of hydrogen-bond acceptors (Lipinski definition) is 5. The van der Waals surface area contributed by atoms with Crippen LogP contribution in [0.25, 0.3) is 0 Å². The number of nitrogens with two attached hydrogens (primary N) is 1. The molecule has 3 N–H and O–H groups in total. The van der Waals surface area contributed by atoms with Gasteiger partial charge in [0, 0.05) is 19.2 Å². The van der Waals surface area contributed by atoms with Crippen molar-refractivity contribution in [1.29, 1.82) is 0 Å². The molecule has 0 saturated carbocycles. The molecule has 0 aliphatic carbocycles. The molecule has 6 heteroatoms. The Bertz CT molecular complexity index is 719. The van der Waals surface area contributed by atoms with E-state index in [1.165, 1.54) is 0 Å². The van der Waals surface area contributed by atoms with Crippen LogP contribution in [0.2, 0.25) is 0 Å². The highest BCUT2D eigenvalue weighted by molar-refractivity contribution is 5.59. The van der Waals surface area contributed by atoms with E-state index in [0.717, 1.165) is 50.0 Å². The molecule has 25 heavy (non-hydrogen) atoms. The van der Waals surface area contributed by atoms with E-state index in [0.29, 0.717) is 0 Å². The summed E-state index contributed by atoms with van der Waals surface area (Å²) >= 11 is 0. The predicted octanol–water partition coefficient (Wildman–Crippen LogP) is 3.38. The number of nitro groups is 1. The Kier molecular flexibility index (Phi) is 6.77. The molecule has 0 atom stereocenters. The molecule has 0 amide bonds. The molecule has 134 valence electrons. The molecular formula is C19H25N3O3. The number of hydrogen-bond donors (Lipinski definition) is 2. The average molecular weight is 343 g/mol. The average Bonchev–Trinajstić information content (AvgIpc) is 2.58. The monoisotopic (exact) mass is 343 g/mol. The number of phenolic OH excluding ortho intramolecular Hbond substituents is 1. The summed E-state index contributed by atoms with van der Waals surface area (Å²) in [5, 5.41) is 20.5. The maximum absolute atomic E-state index is 11.0. The second-order valence-corrected chi connectivity index (χ2v) is 6.16. The van der Waals surface area contributed by atoms with Gasteiger partial charge < -0.3 is 15.7 Å². The van der Waals surface area contributed by atoms with Crippen LogP contribution in [-0.4, -0.2) is 34.6 Å². The lowest BCUT2D eigenvalue weighted by atomic mass is 10.1. The molecule has 0 fully saturated rings. The fraction of sp³-hybridized carbons (Fsp3) is 0.368. The van der Waals surface area contributed by atoms with Crippen LogP contribution in [0.15, 0.2) is 42.5 Å². The Morgan fingerprint density at radius 3 is 2.36 bits per heavy atom. The number of benzene rings is 2. The van der Waals surface area contributed by atoms with Crippen molar-refractivity contribution in [3.8, 4) is 5.75 Å². The third-order valence-electron chi connectivity index (χ3n) is 4.18. The van der Waals surface area contributed by atoms with Crippen molar-refractivity contribution in [1.82, 2.24) is 4.90 Å². The second kappa shape index (κ2) is 9.03. The van der Waals surface area contributed by atoms with Gasteiger partial charge in [-0.1, -0.05) is 25.1 Å². The summed E-state index contributed by atoms with van der Waals surface area (Å²) in [4.78, 5) is 12.9. The van der Waals surface area contributed by atoms with Gasteiger partial charge in [0.1, 0.15) is 11.4 Å². The minimum atomic E-state index is -0.440. The molecule has 0 radical (unpaired) electrons. The molecule has 2 rings (SSSR count). The molecule has 0 saturated heterocycles. The summed E-state index contributed by atoms with van der Waals surface area (Å²) < 4.78 is 0. The van der Waals surface area contributed by atoms with Gasteiger partial charge in [-0.3, -0.25) is 10.1 Å². The van der Waals surface area contributed by atoms with Gasteiger partial charge >= 0.3 is 0 Å². The zero-order valence-corrected chi connectivity index (χ0v) is 14.5. The molecule has 0 unspecified atom stereocenters. The summed E-state index contributed by atoms with van der Waals surface area (Å²) in [6, 6.07) is 12.3. The van der Waals surface area contributed by atoms with Crippen molar-refractivity contribution in [3.05, 3.63) is 63.7 Å². The first-order chi connectivity index (χ1) is 12.0. The summed E-state index contributed by atoms with van der Waals surface area (Å²) in [5.41, 5.74) is 7.83. The first-order valence-corrected chi connectivity index (χ1v) is 8.52. The SMILES string of the molecule is CCCN(CCc1cccc(O)c1)CCc1ccc(N)c([N+](=O)[O-])c1. The van der Waals surface area contributed by atoms with Crippen molar-refractivity contribution < 1.29 is 10.0 Å². The standard InChI is InChI=1S/C19H25N3O3/c1-2-10-21(11-8-15-4-3-5-17(23)13-15)12-9-16-6-7-18(20)19(14-16)22(24)25/h3-7,13-14,23H,2,8-12,20H2,1H3. The van der Waals surface area contributed by atoms with Gasteiger partial charge in [0.25, 0.3) is 5.69 Å². The van der Waals surface area contributed by atoms with Gasteiger partial charge in [-0.15, -0.1) is 0 Å². The number of phenols is 1. The van der Waals surface area contributed by atoms with E-state index in [1.807, 2.05) is 18.2 Å². The smallest absolute Gasteiger partial charge is 0.292 e. The quantitative estimate of drug-likeness (QED) is 0.414. The minimum Gasteiger partial charge on any atom is -0.508 e. The third kappa shape index (κ3) is 5.76. The number of rotatable bonds is 9. The minimum absolute atomic E-state index is 0.0284. The van der Waals surface area contributed by atoms with Crippen molar-refractivity contribution in [2.45, 2.75) is 26.2 Å². The molecule has 2 aromatic carbocycles. The summed E-state index contributed by atoms with van der Waals surface area (Å²) in [5.74, 6) is 0.286. The van der Waals surface area contributed by atoms with E-state index in [4.69, 9.17) is 5.73 Å². The number of nitro benzene ring substituents is 1. The molecule has 6 nitrogen and oxygen atoms in total. The van der Waals surface area contributed by atoms with E-state index >= 15 is 0 Å². The van der Waals surface area contributed by atoms with Gasteiger partial charge in [-0.25, -0.2) is 0 Å². The maximum Gasteiger partial charge on any atom is 0.292 e. The summed E-state index contributed by atoms with van der Waals surface area (Å²) in [6.45, 7) is 4.81. The summed E-state index contributed by atoms with van der Waals surface area (Å²) in [6.07, 6.45) is 2.64. The van der Waals surface area contributed by atoms with Gasteiger partial charge in [-0.2, -0.15) is 0 Å². The van der Waals surface area contributed by atoms with Crippen molar-refractivity contribution in [2.75, 3.05) is 25.4 Å². The molecule has 0 aromatic heterocycles. The largest absolute Gasteiger partial charge is 0.508 e. The highest BCUT2D eigenvalue weighted by Gasteiger charge is 2.12. The Morgan fingerprint density at radius 1 is 1.08 bits per heavy atom. The lowest BCUT2D eigenvalue weighted by molar-refractivity contribution is -0.384. The van der Waals surface area contributed by atoms with E-state index in [9.17, 15) is 15.2 Å². The van der Waals surface area contributed by atoms with Crippen LogP contribution < -0.4 is 5.73 Å². The topological polar surface area (TPSA) is 92.6 Å². The van der Waals surface area contributed by atoms with E-state index in [-0.39, 0.29) is 17.1 Å². The Morgan fingerprint density at radius 2 is 1.76 bits per heavy atom. The second-order valence-electron chi connectivity index (χ2n) is 6.16. The van der Waals surface area contributed by atoms with Crippen LogP contribution in [0.5, 0.6) is 5.75 Å². The fourth-order valence-corrected chi connectivity index (χ4v) is 2.84. The van der Waals surface area contributed by atoms with Crippen molar-refractivity contribution >= 4 is 11.4 Å². The van der Waals surface area contributed by atoms with Crippen LogP contribution in [-0.2, 0) is 12.8 Å². The number of anilines is 1. The lowest BCUT2D eigenvalue weighted by Gasteiger charge is -2.21. The third-order valence-corrected chi connectivity index (χ3v) is 4.18. The van der Waals surface area contributed by atoms with Crippen LogP contribution in [0.1, 0.15) is 24.5 Å². The number of nitrogen functional groups attached to an aromatic ring is 1. The van der Waals surface area contributed by atoms with E-state index in [2.05, 4.69) is 11.8 Å². The molecule has 2 aromatic rings. The van der Waals surface area contributed by atoms with E-state index in [1.54, 1.807) is 24.3 Å². The number of nitrogens with zero attached hydrogens (tertiary/aromatic N) is 2. The van der Waals surface area contributed by atoms with Gasteiger partial charge in [0.15, 0.2) is 0 Å². The Hall–Kier alpha value is -2.60. The van der Waals surface area contributed by atoms with Crippen molar-refractivity contribution in [2.24, 2.45) is 0 Å². The molecule has 0 heterocycles.